The fourth-order valence-electron chi connectivity index (χ4n) is 4.06. The first-order chi connectivity index (χ1) is 12.1. The van der Waals surface area contributed by atoms with E-state index in [0.717, 1.165) is 17.5 Å². The molecular weight excluding hydrogens is 332 g/mol. The minimum atomic E-state index is -3.48. The van der Waals surface area contributed by atoms with E-state index in [0.29, 0.717) is 19.5 Å². The second-order valence-electron chi connectivity index (χ2n) is 6.71. The number of hydrogen-bond acceptors (Lipinski definition) is 2. The smallest absolute Gasteiger partial charge is 0.195 e. The Balaban J connectivity index is 1.70. The van der Waals surface area contributed by atoms with Gasteiger partial charge in [-0.25, -0.2) is 0 Å². The lowest BCUT2D eigenvalue weighted by molar-refractivity contribution is 0.252. The van der Waals surface area contributed by atoms with Crippen molar-refractivity contribution < 1.29 is 8.42 Å². The van der Waals surface area contributed by atoms with Crippen molar-refractivity contribution in [3.8, 4) is 0 Å². The molecule has 25 heavy (non-hydrogen) atoms. The van der Waals surface area contributed by atoms with Gasteiger partial charge in [-0.15, -0.1) is 6.58 Å². The normalized spacial score (nSPS) is 25.3. The number of benzene rings is 2. The molecule has 0 saturated carbocycles. The van der Waals surface area contributed by atoms with Gasteiger partial charge in [0.2, 0.25) is 0 Å². The van der Waals surface area contributed by atoms with E-state index < -0.39 is 10.2 Å². The van der Waals surface area contributed by atoms with Gasteiger partial charge in [-0.2, -0.15) is 17.0 Å². The lowest BCUT2D eigenvalue weighted by Gasteiger charge is -2.36. The summed E-state index contributed by atoms with van der Waals surface area (Å²) in [5.74, 6) is 0. The minimum Gasteiger partial charge on any atom is -0.195 e. The zero-order valence-corrected chi connectivity index (χ0v) is 14.9. The van der Waals surface area contributed by atoms with Crippen LogP contribution in [0.25, 0.3) is 0 Å². The molecule has 2 atom stereocenters. The van der Waals surface area contributed by atoms with Gasteiger partial charge in [0.05, 0.1) is 6.04 Å². The first-order valence-corrected chi connectivity index (χ1v) is 10.0. The Labute approximate surface area is 149 Å². The van der Waals surface area contributed by atoms with Gasteiger partial charge in [0.15, 0.2) is 0 Å². The van der Waals surface area contributed by atoms with Crippen LogP contribution in [0.5, 0.6) is 0 Å². The van der Waals surface area contributed by atoms with Crippen LogP contribution in [0.15, 0.2) is 67.3 Å². The highest BCUT2D eigenvalue weighted by Crippen LogP contribution is 2.42. The van der Waals surface area contributed by atoms with Gasteiger partial charge in [0.25, 0.3) is 10.2 Å². The van der Waals surface area contributed by atoms with E-state index in [-0.39, 0.29) is 12.1 Å². The topological polar surface area (TPSA) is 40.6 Å². The number of hydrogen-bond donors (Lipinski definition) is 0. The predicted molar refractivity (Wildman–Crippen MR) is 99.1 cm³/mol. The van der Waals surface area contributed by atoms with Crippen LogP contribution in [0.3, 0.4) is 0 Å². The molecule has 4 rings (SSSR count). The molecule has 2 aromatic carbocycles. The molecule has 2 aromatic rings. The third-order valence-corrected chi connectivity index (χ3v) is 7.15. The van der Waals surface area contributed by atoms with Gasteiger partial charge in [0.1, 0.15) is 0 Å². The van der Waals surface area contributed by atoms with Crippen molar-refractivity contribution in [2.24, 2.45) is 0 Å². The third-order valence-electron chi connectivity index (χ3n) is 5.14. The molecule has 5 heteroatoms. The van der Waals surface area contributed by atoms with Crippen LogP contribution in [0.4, 0.5) is 0 Å². The molecule has 2 aliphatic heterocycles. The van der Waals surface area contributed by atoms with Crippen molar-refractivity contribution in [3.63, 3.8) is 0 Å². The molecule has 1 fully saturated rings. The van der Waals surface area contributed by atoms with Gasteiger partial charge >= 0.3 is 0 Å². The summed E-state index contributed by atoms with van der Waals surface area (Å²) >= 11 is 0. The molecule has 130 valence electrons. The van der Waals surface area contributed by atoms with E-state index in [2.05, 4.69) is 18.7 Å². The molecule has 0 N–H and O–H groups in total. The first-order valence-electron chi connectivity index (χ1n) is 8.62. The third kappa shape index (κ3) is 2.82. The molecule has 2 heterocycles. The van der Waals surface area contributed by atoms with E-state index in [1.54, 1.807) is 8.61 Å². The lowest BCUT2D eigenvalue weighted by atomic mass is 9.88. The fourth-order valence-corrected chi connectivity index (χ4v) is 6.04. The summed E-state index contributed by atoms with van der Waals surface area (Å²) in [7, 11) is -3.48. The molecule has 0 amide bonds. The zero-order chi connectivity index (χ0) is 17.4. The SMILES string of the molecule is C=CC[C@H]1c2ccccc2C[C@@H]2CN(Cc3ccccc3)S(=O)(=O)N21. The van der Waals surface area contributed by atoms with Crippen molar-refractivity contribution in [1.29, 1.82) is 0 Å². The van der Waals surface area contributed by atoms with E-state index in [4.69, 9.17) is 0 Å². The molecule has 2 aliphatic rings. The largest absolute Gasteiger partial charge is 0.283 e. The van der Waals surface area contributed by atoms with Gasteiger partial charge in [-0.1, -0.05) is 60.7 Å². The maximum atomic E-state index is 13.2. The highest BCUT2D eigenvalue weighted by Gasteiger charge is 2.49. The average Bonchev–Trinajstić information content (AvgIpc) is 2.86. The van der Waals surface area contributed by atoms with E-state index in [9.17, 15) is 8.42 Å². The molecule has 4 nitrogen and oxygen atoms in total. The summed E-state index contributed by atoms with van der Waals surface area (Å²) in [5.41, 5.74) is 3.39. The summed E-state index contributed by atoms with van der Waals surface area (Å²) in [5, 5.41) is 0. The Hall–Kier alpha value is -1.95. The van der Waals surface area contributed by atoms with Crippen molar-refractivity contribution in [1.82, 2.24) is 8.61 Å². The highest BCUT2D eigenvalue weighted by molar-refractivity contribution is 7.87. The lowest BCUT2D eigenvalue weighted by Crippen LogP contribution is -2.43. The standard InChI is InChI=1S/C20H22N2O2S/c1-2-8-20-19-12-7-6-11-17(19)13-18-15-21(25(23,24)22(18)20)14-16-9-4-3-5-10-16/h2-7,9-12,18,20H,1,8,13-15H2/t18-,20+/m1/s1. The predicted octanol–water partition coefficient (Wildman–Crippen LogP) is 3.29. The van der Waals surface area contributed by atoms with Crippen LogP contribution in [0.1, 0.15) is 29.2 Å². The van der Waals surface area contributed by atoms with Crippen LogP contribution in [-0.2, 0) is 23.2 Å². The Morgan fingerprint density at radius 1 is 1.08 bits per heavy atom. The monoisotopic (exact) mass is 354 g/mol. The molecule has 0 spiro atoms. The summed E-state index contributed by atoms with van der Waals surface area (Å²) in [6, 6.07) is 17.8. The molecule has 0 bridgehead atoms. The van der Waals surface area contributed by atoms with Crippen molar-refractivity contribution >= 4 is 10.2 Å². The fraction of sp³-hybridized carbons (Fsp3) is 0.300. The number of fused-ring (bicyclic) bond motifs is 2. The van der Waals surface area contributed by atoms with Crippen LogP contribution in [0.2, 0.25) is 0 Å². The highest BCUT2D eigenvalue weighted by atomic mass is 32.2. The van der Waals surface area contributed by atoms with Gasteiger partial charge < -0.3 is 0 Å². The number of rotatable bonds is 4. The van der Waals surface area contributed by atoms with Crippen molar-refractivity contribution in [2.45, 2.75) is 31.5 Å². The maximum Gasteiger partial charge on any atom is 0.283 e. The van der Waals surface area contributed by atoms with Gasteiger partial charge in [-0.05, 0) is 29.5 Å². The second-order valence-corrected chi connectivity index (χ2v) is 8.55. The molecule has 0 aliphatic carbocycles. The van der Waals surface area contributed by atoms with Crippen LogP contribution >= 0.6 is 0 Å². The van der Waals surface area contributed by atoms with E-state index in [1.807, 2.05) is 48.5 Å². The Kier molecular flexibility index (Phi) is 4.23. The van der Waals surface area contributed by atoms with Crippen LogP contribution < -0.4 is 0 Å². The van der Waals surface area contributed by atoms with Crippen LogP contribution in [0, 0.1) is 0 Å². The van der Waals surface area contributed by atoms with Crippen molar-refractivity contribution in [3.05, 3.63) is 83.9 Å². The Morgan fingerprint density at radius 3 is 2.56 bits per heavy atom. The summed E-state index contributed by atoms with van der Waals surface area (Å²) < 4.78 is 29.8. The van der Waals surface area contributed by atoms with E-state index in [1.165, 1.54) is 5.56 Å². The quantitative estimate of drug-likeness (QED) is 0.791. The first kappa shape index (κ1) is 16.5. The number of nitrogens with zero attached hydrogens (tertiary/aromatic N) is 2. The summed E-state index contributed by atoms with van der Waals surface area (Å²) in [4.78, 5) is 0. The maximum absolute atomic E-state index is 13.2. The molecule has 0 unspecified atom stereocenters. The zero-order valence-electron chi connectivity index (χ0n) is 14.1. The van der Waals surface area contributed by atoms with E-state index >= 15 is 0 Å². The molecule has 0 radical (unpaired) electrons. The molecular formula is C20H22N2O2S. The second kappa shape index (κ2) is 6.41. The minimum absolute atomic E-state index is 0.00596. The van der Waals surface area contributed by atoms with Crippen LogP contribution in [-0.4, -0.2) is 29.6 Å². The van der Waals surface area contributed by atoms with Gasteiger partial charge in [0, 0.05) is 19.1 Å². The van der Waals surface area contributed by atoms with Gasteiger partial charge in [-0.3, -0.25) is 0 Å². The Bertz CT molecular complexity index is 880. The summed E-state index contributed by atoms with van der Waals surface area (Å²) in [6.45, 7) is 4.81. The average molecular weight is 354 g/mol. The van der Waals surface area contributed by atoms with Crippen molar-refractivity contribution in [2.75, 3.05) is 6.54 Å². The molecule has 1 saturated heterocycles. The summed E-state index contributed by atoms with van der Waals surface area (Å²) in [6.07, 6.45) is 3.22. The molecule has 0 aromatic heterocycles. The Morgan fingerprint density at radius 2 is 1.80 bits per heavy atom.